The number of ether oxygens (including phenoxy) is 4. The molecule has 1 aliphatic heterocycles. The normalized spacial score (nSPS) is 12.7. The lowest BCUT2D eigenvalue weighted by atomic mass is 9.99. The molecular formula is C45H40Cl4N8O7. The van der Waals surface area contributed by atoms with Gasteiger partial charge in [-0.25, -0.2) is 9.78 Å². The zero-order chi connectivity index (χ0) is 45.7. The van der Waals surface area contributed by atoms with Crippen molar-refractivity contribution in [2.75, 3.05) is 71.4 Å². The van der Waals surface area contributed by atoms with Gasteiger partial charge in [-0.15, -0.1) is 0 Å². The highest BCUT2D eigenvalue weighted by atomic mass is 35.5. The third-order valence-corrected chi connectivity index (χ3v) is 12.1. The fraction of sp³-hybridized carbons (Fsp3) is 0.222. The van der Waals surface area contributed by atoms with Crippen LogP contribution in [0.25, 0.3) is 44.3 Å². The number of piperazine rings is 1. The lowest BCUT2D eigenvalue weighted by Gasteiger charge is -2.34. The average Bonchev–Trinajstić information content (AvgIpc) is 3.32. The van der Waals surface area contributed by atoms with Crippen molar-refractivity contribution in [3.63, 3.8) is 0 Å². The smallest absolute Gasteiger partial charge is 0.337 e. The van der Waals surface area contributed by atoms with Gasteiger partial charge in [0.1, 0.15) is 39.8 Å². The minimum Gasteiger partial charge on any atom is -0.495 e. The van der Waals surface area contributed by atoms with Crippen LogP contribution < -0.4 is 29.2 Å². The number of anilines is 2. The minimum atomic E-state index is -1.10. The molecule has 1 aliphatic rings. The van der Waals surface area contributed by atoms with Gasteiger partial charge >= 0.3 is 5.97 Å². The van der Waals surface area contributed by atoms with Gasteiger partial charge in [-0.1, -0.05) is 65.5 Å². The lowest BCUT2D eigenvalue weighted by Crippen LogP contribution is -2.46. The molecule has 7 aromatic rings. The number of carboxylic acid groups (broad SMARTS) is 1. The van der Waals surface area contributed by atoms with Gasteiger partial charge in [0, 0.05) is 85.4 Å². The molecule has 15 nitrogen and oxygen atoms in total. The van der Waals surface area contributed by atoms with Gasteiger partial charge in [0.05, 0.1) is 82.6 Å². The topological polar surface area (TPSA) is 174 Å². The van der Waals surface area contributed by atoms with Crippen molar-refractivity contribution >= 4 is 91.9 Å². The maximum atomic E-state index is 13.4. The van der Waals surface area contributed by atoms with E-state index in [1.54, 1.807) is 42.7 Å². The molecule has 3 aromatic heterocycles. The zero-order valence-electron chi connectivity index (χ0n) is 35.1. The van der Waals surface area contributed by atoms with Crippen LogP contribution in [-0.4, -0.2) is 108 Å². The average molecular weight is 947 g/mol. The molecule has 0 unspecified atom stereocenters. The first-order chi connectivity index (χ1) is 30.9. The van der Waals surface area contributed by atoms with Crippen LogP contribution in [0.2, 0.25) is 20.1 Å². The molecular weight excluding hydrogens is 906 g/mol. The van der Waals surface area contributed by atoms with Crippen LogP contribution in [0.1, 0.15) is 27.6 Å². The minimum absolute atomic E-state index is 0.0361. The summed E-state index contributed by atoms with van der Waals surface area (Å²) in [5.74, 6) is 1.00. The number of hydrogen-bond donors (Lipinski definition) is 2. The molecule has 1 fully saturated rings. The van der Waals surface area contributed by atoms with Gasteiger partial charge in [0.2, 0.25) is 0 Å². The highest BCUT2D eigenvalue weighted by Gasteiger charge is 2.25. The summed E-state index contributed by atoms with van der Waals surface area (Å²) in [5.41, 5.74) is 4.47. The number of amides is 1. The summed E-state index contributed by atoms with van der Waals surface area (Å²) in [6, 6.07) is 13.4. The van der Waals surface area contributed by atoms with Crippen molar-refractivity contribution in [3.8, 4) is 45.3 Å². The Balaban J connectivity index is 0.000000211. The van der Waals surface area contributed by atoms with Gasteiger partial charge in [-0.05, 0) is 30.8 Å². The summed E-state index contributed by atoms with van der Waals surface area (Å²) in [5, 5.41) is 13.4. The first-order valence-electron chi connectivity index (χ1n) is 19.6. The van der Waals surface area contributed by atoms with Crippen molar-refractivity contribution < 1.29 is 33.6 Å². The second kappa shape index (κ2) is 20.1. The van der Waals surface area contributed by atoms with Crippen LogP contribution >= 0.6 is 46.4 Å². The summed E-state index contributed by atoms with van der Waals surface area (Å²) in [7, 11) is 5.97. The second-order valence-electron chi connectivity index (χ2n) is 14.0. The van der Waals surface area contributed by atoms with E-state index in [-0.39, 0.29) is 27.0 Å². The van der Waals surface area contributed by atoms with Crippen molar-refractivity contribution in [1.82, 2.24) is 29.8 Å². The number of likely N-dealkylation sites (N-methyl/N-ethyl adjacent to an activating group) is 1. The van der Waals surface area contributed by atoms with Crippen molar-refractivity contribution in [1.29, 1.82) is 0 Å². The monoisotopic (exact) mass is 944 g/mol. The number of aromatic nitrogens is 5. The molecule has 19 heteroatoms. The fourth-order valence-corrected chi connectivity index (χ4v) is 8.66. The highest BCUT2D eigenvalue weighted by Crippen LogP contribution is 2.49. The van der Waals surface area contributed by atoms with E-state index in [0.717, 1.165) is 38.5 Å². The molecule has 4 heterocycles. The van der Waals surface area contributed by atoms with E-state index in [9.17, 15) is 14.7 Å². The number of rotatable bonds is 11. The van der Waals surface area contributed by atoms with Gasteiger partial charge in [-0.2, -0.15) is 0 Å². The largest absolute Gasteiger partial charge is 0.495 e. The van der Waals surface area contributed by atoms with Crippen LogP contribution in [0, 0.1) is 0 Å². The number of halogens is 4. The molecule has 0 aliphatic carbocycles. The number of pyridine rings is 1. The maximum Gasteiger partial charge on any atom is 0.337 e. The molecule has 8 rings (SSSR count). The number of hydrogen-bond acceptors (Lipinski definition) is 13. The quantitative estimate of drug-likeness (QED) is 0.125. The van der Waals surface area contributed by atoms with Crippen LogP contribution in [-0.2, 0) is 0 Å². The fourth-order valence-electron chi connectivity index (χ4n) is 7.26. The number of aromatic carboxylic acids is 1. The van der Waals surface area contributed by atoms with E-state index in [4.69, 9.17) is 65.4 Å². The third kappa shape index (κ3) is 9.08. The molecule has 64 heavy (non-hydrogen) atoms. The van der Waals surface area contributed by atoms with E-state index in [1.165, 1.54) is 53.1 Å². The number of nitrogens with one attached hydrogen (secondary N) is 1. The van der Waals surface area contributed by atoms with E-state index in [1.807, 2.05) is 12.1 Å². The van der Waals surface area contributed by atoms with Crippen molar-refractivity contribution in [2.24, 2.45) is 0 Å². The van der Waals surface area contributed by atoms with Gasteiger partial charge in [0.15, 0.2) is 0 Å². The van der Waals surface area contributed by atoms with Crippen LogP contribution in [0.4, 0.5) is 11.5 Å². The Morgan fingerprint density at radius 1 is 0.609 bits per heavy atom. The van der Waals surface area contributed by atoms with Crippen molar-refractivity contribution in [2.45, 2.75) is 6.92 Å². The van der Waals surface area contributed by atoms with E-state index in [0.29, 0.717) is 83.1 Å². The SMILES string of the molecule is CCN1CCN(c2ccc(NC(=O)c3ccc(-c4c(Cl)c(OC)cc(OC)c4Cl)c4nccnc34)cn2)CC1.COc1cc(OC)c(Cl)c(-c2ccc(C(=O)O)c3nccnc23)c1Cl. The number of benzene rings is 4. The molecule has 0 spiro atoms. The molecule has 4 aromatic carbocycles. The maximum absolute atomic E-state index is 13.4. The summed E-state index contributed by atoms with van der Waals surface area (Å²) < 4.78 is 21.4. The number of carbonyl (C=O) groups excluding carboxylic acids is 1. The number of carboxylic acids is 1. The van der Waals surface area contributed by atoms with Crippen LogP contribution in [0.15, 0.2) is 79.5 Å². The first kappa shape index (κ1) is 45.8. The standard InChI is InChI=1S/C28H28Cl2N6O3.C17H12Cl2N2O4/c1-4-35-11-13-36(14-12-35)22-8-5-17(16-33-22)34-28(37)19-7-6-18(26-27(19)32-10-9-31-26)23-24(29)20(38-2)15-21(39-3)25(23)30;1-24-10-7-11(25-2)14(19)12(13(10)18)8-3-4-9(17(22)23)16-15(8)20-5-6-21-16/h5-10,15-16H,4,11-14H2,1-3H3,(H,34,37);3-7H,1-2H3,(H,22,23). The summed E-state index contributed by atoms with van der Waals surface area (Å²) in [6.45, 7) is 7.11. The summed E-state index contributed by atoms with van der Waals surface area (Å²) in [4.78, 5) is 51.4. The van der Waals surface area contributed by atoms with E-state index in [2.05, 4.69) is 47.0 Å². The number of carbonyl (C=O) groups is 2. The number of fused-ring (bicyclic) bond motifs is 2. The predicted molar refractivity (Wildman–Crippen MR) is 250 cm³/mol. The molecule has 1 amide bonds. The molecule has 0 atom stereocenters. The molecule has 0 radical (unpaired) electrons. The Morgan fingerprint density at radius 2 is 1.05 bits per heavy atom. The second-order valence-corrected chi connectivity index (χ2v) is 15.5. The van der Waals surface area contributed by atoms with Crippen LogP contribution in [0.5, 0.6) is 23.0 Å². The Hall–Kier alpha value is -6.23. The van der Waals surface area contributed by atoms with Crippen molar-refractivity contribution in [3.05, 3.63) is 111 Å². The van der Waals surface area contributed by atoms with Gasteiger partial charge in [-0.3, -0.25) is 24.7 Å². The van der Waals surface area contributed by atoms with E-state index < -0.39 is 5.97 Å². The number of methoxy groups -OCH3 is 4. The molecule has 330 valence electrons. The predicted octanol–water partition coefficient (Wildman–Crippen LogP) is 9.73. The zero-order valence-corrected chi connectivity index (χ0v) is 38.1. The Morgan fingerprint density at radius 3 is 1.45 bits per heavy atom. The third-order valence-electron chi connectivity index (χ3n) is 10.6. The van der Waals surface area contributed by atoms with E-state index >= 15 is 0 Å². The summed E-state index contributed by atoms with van der Waals surface area (Å²) in [6.07, 6.45) is 7.65. The molecule has 0 saturated carbocycles. The van der Waals surface area contributed by atoms with Crippen LogP contribution in [0.3, 0.4) is 0 Å². The lowest BCUT2D eigenvalue weighted by molar-refractivity contribution is 0.0698. The highest BCUT2D eigenvalue weighted by molar-refractivity contribution is 6.42. The van der Waals surface area contributed by atoms with Gasteiger partial charge < -0.3 is 39.2 Å². The number of nitrogens with zero attached hydrogens (tertiary/aromatic N) is 7. The van der Waals surface area contributed by atoms with Gasteiger partial charge in [0.25, 0.3) is 5.91 Å². The molecule has 1 saturated heterocycles. The Labute approximate surface area is 387 Å². The molecule has 2 N–H and O–H groups in total. The Kier molecular flexibility index (Phi) is 14.4. The summed E-state index contributed by atoms with van der Waals surface area (Å²) >= 11 is 26.2. The Bertz CT molecular complexity index is 2830. The molecule has 0 bridgehead atoms. The first-order valence-corrected chi connectivity index (χ1v) is 21.1.